The van der Waals surface area contributed by atoms with Gasteiger partial charge in [-0.05, 0) is 156 Å². The molecule has 90 heavy (non-hydrogen) atoms. The van der Waals surface area contributed by atoms with Crippen LogP contribution in [0.3, 0.4) is 0 Å². The van der Waals surface area contributed by atoms with Crippen LogP contribution in [0.25, 0.3) is 43.1 Å². The van der Waals surface area contributed by atoms with Crippen molar-refractivity contribution < 1.29 is 76.4 Å². The van der Waals surface area contributed by atoms with Gasteiger partial charge >= 0.3 is 35.8 Å². The summed E-state index contributed by atoms with van der Waals surface area (Å²) < 4.78 is 33.3. The van der Waals surface area contributed by atoms with Crippen molar-refractivity contribution in [3.63, 3.8) is 0 Å². The zero-order chi connectivity index (χ0) is 62.8. The van der Waals surface area contributed by atoms with Crippen LogP contribution in [0.4, 0.5) is 0 Å². The van der Waals surface area contributed by atoms with E-state index in [9.17, 15) is 47.9 Å². The van der Waals surface area contributed by atoms with Crippen LogP contribution in [0.2, 0.25) is 0 Å². The number of rotatable bonds is 12. The molecule has 6 bridgehead atoms. The number of fused-ring (bicyclic) bond motifs is 6. The molecule has 5 saturated carbocycles. The number of esters is 6. The molecule has 0 spiro atoms. The van der Waals surface area contributed by atoms with Gasteiger partial charge < -0.3 is 28.4 Å². The maximum absolute atomic E-state index is 13.0. The third-order valence-electron chi connectivity index (χ3n) is 19.5. The molecule has 3 saturated heterocycles. The summed E-state index contributed by atoms with van der Waals surface area (Å²) in [6, 6.07) is 42.6. The molecule has 16 nitrogen and oxygen atoms in total. The normalized spacial score (nSPS) is 24.2. The van der Waals surface area contributed by atoms with E-state index < -0.39 is 11.9 Å². The van der Waals surface area contributed by atoms with Crippen LogP contribution in [0.1, 0.15) is 160 Å². The number of hydrogen-bond donors (Lipinski definition) is 0. The Hall–Kier alpha value is -9.70. The Morgan fingerprint density at radius 3 is 1.58 bits per heavy atom. The van der Waals surface area contributed by atoms with E-state index >= 15 is 0 Å². The second kappa shape index (κ2) is 25.8. The van der Waals surface area contributed by atoms with Crippen LogP contribution >= 0.6 is 0 Å². The third-order valence-corrected chi connectivity index (χ3v) is 19.5. The largest absolute Gasteiger partial charge is 0.465 e. The maximum atomic E-state index is 13.0. The average Bonchev–Trinajstić information content (AvgIpc) is 1.57. The molecule has 0 radical (unpaired) electrons. The highest BCUT2D eigenvalue weighted by Crippen LogP contribution is 2.56. The van der Waals surface area contributed by atoms with Gasteiger partial charge in [-0.25, -0.2) is 19.2 Å². The van der Waals surface area contributed by atoms with Crippen molar-refractivity contribution in [1.29, 1.82) is 0 Å². The number of ether oxygens (including phenoxy) is 6. The van der Waals surface area contributed by atoms with Crippen molar-refractivity contribution >= 4 is 104 Å². The summed E-state index contributed by atoms with van der Waals surface area (Å²) in [7, 11) is 1.35. The lowest BCUT2D eigenvalue weighted by atomic mass is 9.67. The molecule has 458 valence electrons. The van der Waals surface area contributed by atoms with Crippen molar-refractivity contribution in [3.8, 4) is 0 Å². The average molecular weight is 1210 g/mol. The Morgan fingerprint density at radius 1 is 0.511 bits per heavy atom. The minimum atomic E-state index is -0.425. The number of benzene rings is 8. The summed E-state index contributed by atoms with van der Waals surface area (Å²) in [4.78, 5) is 118. The summed E-state index contributed by atoms with van der Waals surface area (Å²) in [5, 5.41) is 6.27. The standard InChI is InChI=1S/C22H20O5.C20H16O5.C19H20O3.C13H10O3/c23-11-13-5-6-18(17-4-2-1-3-16(13)17)22(25)27-20-14-7-12-8-15(10-14)21(24)26-19(20)9-12;21-9-10-5-6-14(13-4-2-1-3-12(10)13)19(22)24-17-11-7-15-16(8-11)20(23)25-18(15)17;1-2-19(11-5-6-12-19)22-18(21)17-10-9-14(13-20)15-7-3-4-8-16(15)17;1-16-13(15)12-5-4-10-6-9(8-14)2-3-11(10)7-12/h1-6,11-12,14-15,19-20H,7-10H2;1-6,9,11,15-18H,7-8H2;3-4,7-10,13H,2,5-6,11-12H2,1H3;2-8H,1H3. The molecule has 5 aliphatic carbocycles. The summed E-state index contributed by atoms with van der Waals surface area (Å²) in [6.07, 6.45) is 11.9. The van der Waals surface area contributed by atoms with Crippen LogP contribution in [-0.4, -0.2) is 98.1 Å². The monoisotopic (exact) mass is 1210 g/mol. The van der Waals surface area contributed by atoms with Crippen LogP contribution < -0.4 is 0 Å². The van der Waals surface area contributed by atoms with Crippen LogP contribution in [0.5, 0.6) is 0 Å². The first-order valence-corrected chi connectivity index (χ1v) is 30.8. The van der Waals surface area contributed by atoms with Crippen LogP contribution in [-0.2, 0) is 38.0 Å². The summed E-state index contributed by atoms with van der Waals surface area (Å²) in [6.45, 7) is 2.08. The molecule has 16 heteroatoms. The second-order valence-corrected chi connectivity index (χ2v) is 24.5. The third kappa shape index (κ3) is 11.8. The Balaban J connectivity index is 0.000000118. The summed E-state index contributed by atoms with van der Waals surface area (Å²) >= 11 is 0. The Labute approximate surface area is 518 Å². The molecule has 16 rings (SSSR count). The van der Waals surface area contributed by atoms with Crippen LogP contribution in [0, 0.1) is 35.5 Å². The maximum Gasteiger partial charge on any atom is 0.339 e. The Morgan fingerprint density at radius 2 is 1.03 bits per heavy atom. The fourth-order valence-corrected chi connectivity index (χ4v) is 15.1. The van der Waals surface area contributed by atoms with Gasteiger partial charge in [0.05, 0.1) is 41.2 Å². The van der Waals surface area contributed by atoms with Crippen LogP contribution in [0.15, 0.2) is 146 Å². The molecule has 3 aliphatic heterocycles. The predicted molar refractivity (Wildman–Crippen MR) is 332 cm³/mol. The number of methoxy groups -OCH3 is 1. The zero-order valence-corrected chi connectivity index (χ0v) is 49.7. The molecule has 10 unspecified atom stereocenters. The minimum Gasteiger partial charge on any atom is -0.465 e. The van der Waals surface area contributed by atoms with E-state index in [-0.39, 0.29) is 83.5 Å². The van der Waals surface area contributed by atoms with E-state index in [1.54, 1.807) is 66.7 Å². The number of hydrogen-bond acceptors (Lipinski definition) is 16. The van der Waals surface area contributed by atoms with Gasteiger partial charge in [0.2, 0.25) is 0 Å². The summed E-state index contributed by atoms with van der Waals surface area (Å²) in [5.74, 6) is -0.727. The fourth-order valence-electron chi connectivity index (χ4n) is 15.1. The molecule has 8 aliphatic rings. The topological polar surface area (TPSA) is 226 Å². The summed E-state index contributed by atoms with van der Waals surface area (Å²) in [5.41, 5.74) is 3.93. The van der Waals surface area contributed by atoms with Crippen molar-refractivity contribution in [1.82, 2.24) is 0 Å². The van der Waals surface area contributed by atoms with Crippen molar-refractivity contribution in [2.24, 2.45) is 35.5 Å². The van der Waals surface area contributed by atoms with E-state index in [1.807, 2.05) is 78.9 Å². The van der Waals surface area contributed by atoms with Gasteiger partial charge in [0.25, 0.3) is 0 Å². The molecular weight excluding hydrogens is 1140 g/mol. The molecule has 0 amide bonds. The van der Waals surface area contributed by atoms with E-state index in [0.29, 0.717) is 61.2 Å². The molecule has 8 fully saturated rings. The molecule has 10 atom stereocenters. The number of carbonyl (C=O) groups excluding carboxylic acids is 10. The fraction of sp³-hybridized carbons (Fsp3) is 0.324. The molecule has 8 aromatic carbocycles. The van der Waals surface area contributed by atoms with Gasteiger partial charge in [-0.1, -0.05) is 116 Å². The smallest absolute Gasteiger partial charge is 0.339 e. The lowest BCUT2D eigenvalue weighted by molar-refractivity contribution is -0.156. The second-order valence-electron chi connectivity index (χ2n) is 24.5. The van der Waals surface area contributed by atoms with E-state index in [4.69, 9.17) is 23.7 Å². The van der Waals surface area contributed by atoms with E-state index in [0.717, 1.165) is 128 Å². The highest BCUT2D eigenvalue weighted by molar-refractivity contribution is 6.11. The highest BCUT2D eigenvalue weighted by atomic mass is 16.6. The zero-order valence-electron chi connectivity index (χ0n) is 49.7. The number of carbonyl (C=O) groups is 10. The quantitative estimate of drug-likeness (QED) is 0.0629. The first kappa shape index (κ1) is 60.6. The highest BCUT2D eigenvalue weighted by Gasteiger charge is 2.63. The lowest BCUT2D eigenvalue weighted by Gasteiger charge is -2.41. The van der Waals surface area contributed by atoms with Gasteiger partial charge in [-0.2, -0.15) is 0 Å². The molecule has 3 heterocycles. The van der Waals surface area contributed by atoms with Gasteiger partial charge in [0.15, 0.2) is 18.9 Å². The van der Waals surface area contributed by atoms with E-state index in [1.165, 1.54) is 7.11 Å². The minimum absolute atomic E-state index is 0.00217. The Kier molecular flexibility index (Phi) is 17.4. The van der Waals surface area contributed by atoms with Gasteiger partial charge in [0.1, 0.15) is 36.3 Å². The first-order chi connectivity index (χ1) is 43.7. The predicted octanol–water partition coefficient (Wildman–Crippen LogP) is 13.3. The first-order valence-electron chi connectivity index (χ1n) is 30.8. The Bertz CT molecular complexity index is 4200. The van der Waals surface area contributed by atoms with E-state index in [2.05, 4.69) is 11.7 Å². The van der Waals surface area contributed by atoms with Gasteiger partial charge in [-0.3, -0.25) is 28.8 Å². The molecule has 8 aromatic rings. The van der Waals surface area contributed by atoms with Gasteiger partial charge in [-0.15, -0.1) is 0 Å². The lowest BCUT2D eigenvalue weighted by Crippen LogP contribution is -2.45. The van der Waals surface area contributed by atoms with Crippen molar-refractivity contribution in [2.45, 2.75) is 108 Å². The molecule has 0 aromatic heterocycles. The molecule has 0 N–H and O–H groups in total. The molecular formula is C74H66O16. The van der Waals surface area contributed by atoms with Gasteiger partial charge in [0, 0.05) is 40.0 Å². The SMILES string of the molecule is CCC1(OC(=O)c2ccc(C=O)c3ccccc23)CCCC1.COC(=O)c1ccc2cc(C=O)ccc2c1.O=Cc1ccc(C(=O)OC2C3CC4C(=O)OC2C4C3)c2ccccc12.O=Cc1ccc(C(=O)OC2C3CC4CC(C3)C(=O)OC2C4)c2ccccc12. The van der Waals surface area contributed by atoms with Crippen molar-refractivity contribution in [3.05, 3.63) is 190 Å². The van der Waals surface area contributed by atoms with Crippen molar-refractivity contribution in [2.75, 3.05) is 7.11 Å². The number of aldehydes is 4.